The molecule has 0 aromatic carbocycles. The predicted octanol–water partition coefficient (Wildman–Crippen LogP) is 1.72. The minimum Gasteiger partial charge on any atom is -0.230 e. The van der Waals surface area contributed by atoms with Crippen molar-refractivity contribution < 1.29 is 0 Å². The molecule has 0 aliphatic carbocycles. The average molecular weight is 183 g/mol. The van der Waals surface area contributed by atoms with E-state index in [2.05, 4.69) is 20.9 Å². The molecule has 1 aromatic heterocycles. The molecule has 1 rings (SSSR count). The van der Waals surface area contributed by atoms with Crippen LogP contribution in [-0.2, 0) is 0 Å². The van der Waals surface area contributed by atoms with Crippen LogP contribution in [0.15, 0.2) is 22.8 Å². The fourth-order valence-corrected chi connectivity index (χ4v) is 0.814. The van der Waals surface area contributed by atoms with Crippen LogP contribution in [0.1, 0.15) is 5.69 Å². The first-order chi connectivity index (χ1) is 4.33. The van der Waals surface area contributed by atoms with Crippen LogP contribution in [0, 0.1) is 11.3 Å². The average Bonchev–Trinajstić information content (AvgIpc) is 1.88. The van der Waals surface area contributed by atoms with Gasteiger partial charge in [-0.1, -0.05) is 6.07 Å². The van der Waals surface area contributed by atoms with Crippen molar-refractivity contribution in [3.05, 3.63) is 28.5 Å². The molecule has 44 valence electrons. The van der Waals surface area contributed by atoms with Crippen molar-refractivity contribution >= 4 is 15.9 Å². The summed E-state index contributed by atoms with van der Waals surface area (Å²) in [5, 5.41) is 8.33. The Morgan fingerprint density at radius 1 is 1.56 bits per heavy atom. The van der Waals surface area contributed by atoms with Crippen molar-refractivity contribution in [3.8, 4) is 6.07 Å². The van der Waals surface area contributed by atoms with Gasteiger partial charge in [-0.15, -0.1) is 0 Å². The van der Waals surface area contributed by atoms with Crippen LogP contribution >= 0.6 is 15.9 Å². The Labute approximate surface area is 61.3 Å². The zero-order valence-electron chi connectivity index (χ0n) is 4.50. The Balaban J connectivity index is 3.12. The second-order valence-corrected chi connectivity index (χ2v) is 2.27. The van der Waals surface area contributed by atoms with E-state index in [9.17, 15) is 0 Å². The van der Waals surface area contributed by atoms with Crippen LogP contribution < -0.4 is 0 Å². The van der Waals surface area contributed by atoms with Crippen LogP contribution in [0.25, 0.3) is 0 Å². The van der Waals surface area contributed by atoms with Gasteiger partial charge in [0.2, 0.25) is 0 Å². The SMILES string of the molecule is N#Cc1cccc(Br)n1. The Morgan fingerprint density at radius 3 is 2.78 bits per heavy atom. The fraction of sp³-hybridized carbons (Fsp3) is 0. The highest BCUT2D eigenvalue weighted by Crippen LogP contribution is 2.04. The lowest BCUT2D eigenvalue weighted by atomic mass is 10.4. The van der Waals surface area contributed by atoms with Crippen molar-refractivity contribution in [3.63, 3.8) is 0 Å². The van der Waals surface area contributed by atoms with Gasteiger partial charge in [0.1, 0.15) is 16.4 Å². The Morgan fingerprint density at radius 2 is 2.33 bits per heavy atom. The van der Waals surface area contributed by atoms with Crippen molar-refractivity contribution in [2.45, 2.75) is 0 Å². The van der Waals surface area contributed by atoms with Crippen molar-refractivity contribution in [1.29, 1.82) is 5.26 Å². The number of rotatable bonds is 0. The number of hydrogen-bond donors (Lipinski definition) is 0. The van der Waals surface area contributed by atoms with Gasteiger partial charge in [-0.05, 0) is 28.1 Å². The number of nitrogens with zero attached hydrogens (tertiary/aromatic N) is 2. The normalized spacial score (nSPS) is 8.44. The number of pyridine rings is 1. The summed E-state index contributed by atoms with van der Waals surface area (Å²) in [6.45, 7) is 0. The third kappa shape index (κ3) is 1.51. The molecule has 0 saturated heterocycles. The summed E-state index contributed by atoms with van der Waals surface area (Å²) in [6, 6.07) is 7.14. The summed E-state index contributed by atoms with van der Waals surface area (Å²) in [5.41, 5.74) is 0.435. The quantitative estimate of drug-likeness (QED) is 0.574. The topological polar surface area (TPSA) is 36.7 Å². The first-order valence-corrected chi connectivity index (χ1v) is 3.15. The zero-order chi connectivity index (χ0) is 6.69. The molecule has 0 aliphatic heterocycles. The second kappa shape index (κ2) is 2.60. The highest BCUT2D eigenvalue weighted by molar-refractivity contribution is 9.10. The maximum absolute atomic E-state index is 8.33. The standard InChI is InChI=1S/C6H3BrN2/c7-6-3-1-2-5(4-8)9-6/h1-3H. The molecule has 9 heavy (non-hydrogen) atoms. The molecule has 0 aliphatic rings. The van der Waals surface area contributed by atoms with E-state index in [1.807, 2.05) is 6.07 Å². The van der Waals surface area contributed by atoms with Gasteiger partial charge in [0.25, 0.3) is 0 Å². The Kier molecular flexibility index (Phi) is 1.81. The summed E-state index contributed by atoms with van der Waals surface area (Å²) in [4.78, 5) is 3.85. The number of halogens is 1. The highest BCUT2D eigenvalue weighted by Gasteiger charge is 1.89. The minimum atomic E-state index is 0.435. The zero-order valence-corrected chi connectivity index (χ0v) is 6.09. The molecular formula is C6H3BrN2. The molecule has 0 spiro atoms. The van der Waals surface area contributed by atoms with E-state index >= 15 is 0 Å². The van der Waals surface area contributed by atoms with Gasteiger partial charge < -0.3 is 0 Å². The molecule has 0 N–H and O–H groups in total. The van der Waals surface area contributed by atoms with E-state index < -0.39 is 0 Å². The molecule has 1 heterocycles. The molecule has 0 amide bonds. The van der Waals surface area contributed by atoms with E-state index in [0.29, 0.717) is 10.3 Å². The molecule has 0 radical (unpaired) electrons. The molecule has 0 bridgehead atoms. The monoisotopic (exact) mass is 182 g/mol. The van der Waals surface area contributed by atoms with E-state index in [0.717, 1.165) is 0 Å². The highest BCUT2D eigenvalue weighted by atomic mass is 79.9. The van der Waals surface area contributed by atoms with Crippen LogP contribution in [0.3, 0.4) is 0 Å². The van der Waals surface area contributed by atoms with Crippen LogP contribution in [0.5, 0.6) is 0 Å². The van der Waals surface area contributed by atoms with Crippen LogP contribution in [0.2, 0.25) is 0 Å². The summed E-state index contributed by atoms with van der Waals surface area (Å²) in [5.74, 6) is 0. The molecule has 0 fully saturated rings. The first-order valence-electron chi connectivity index (χ1n) is 2.35. The molecule has 0 atom stereocenters. The summed E-state index contributed by atoms with van der Waals surface area (Å²) < 4.78 is 0.696. The second-order valence-electron chi connectivity index (χ2n) is 1.46. The molecule has 3 heteroatoms. The number of aromatic nitrogens is 1. The summed E-state index contributed by atoms with van der Waals surface area (Å²) in [7, 11) is 0. The minimum absolute atomic E-state index is 0.435. The summed E-state index contributed by atoms with van der Waals surface area (Å²) >= 11 is 3.14. The molecular weight excluding hydrogens is 180 g/mol. The van der Waals surface area contributed by atoms with E-state index in [1.165, 1.54) is 0 Å². The summed E-state index contributed by atoms with van der Waals surface area (Å²) in [6.07, 6.45) is 0. The fourth-order valence-electron chi connectivity index (χ4n) is 0.471. The maximum atomic E-state index is 8.33. The molecule has 0 saturated carbocycles. The van der Waals surface area contributed by atoms with Gasteiger partial charge in [-0.3, -0.25) is 0 Å². The first kappa shape index (κ1) is 6.24. The lowest BCUT2D eigenvalue weighted by Gasteiger charge is -1.86. The van der Waals surface area contributed by atoms with Crippen LogP contribution in [-0.4, -0.2) is 4.98 Å². The number of hydrogen-bond acceptors (Lipinski definition) is 2. The van der Waals surface area contributed by atoms with Gasteiger partial charge in [0.15, 0.2) is 0 Å². The Bertz CT molecular complexity index is 251. The Hall–Kier alpha value is -0.880. The van der Waals surface area contributed by atoms with Gasteiger partial charge in [0, 0.05) is 0 Å². The van der Waals surface area contributed by atoms with Gasteiger partial charge in [-0.2, -0.15) is 5.26 Å². The van der Waals surface area contributed by atoms with Crippen molar-refractivity contribution in [2.75, 3.05) is 0 Å². The third-order valence-corrected chi connectivity index (χ3v) is 1.27. The van der Waals surface area contributed by atoms with Gasteiger partial charge in [0.05, 0.1) is 0 Å². The van der Waals surface area contributed by atoms with E-state index in [4.69, 9.17) is 5.26 Å². The molecule has 0 unspecified atom stereocenters. The van der Waals surface area contributed by atoms with Crippen LogP contribution in [0.4, 0.5) is 0 Å². The molecule has 1 aromatic rings. The largest absolute Gasteiger partial charge is 0.230 e. The smallest absolute Gasteiger partial charge is 0.141 e. The lowest BCUT2D eigenvalue weighted by Crippen LogP contribution is -1.79. The van der Waals surface area contributed by atoms with Crippen molar-refractivity contribution in [1.82, 2.24) is 4.98 Å². The maximum Gasteiger partial charge on any atom is 0.141 e. The molecule has 2 nitrogen and oxygen atoms in total. The third-order valence-electron chi connectivity index (χ3n) is 0.830. The van der Waals surface area contributed by atoms with Gasteiger partial charge >= 0.3 is 0 Å². The van der Waals surface area contributed by atoms with E-state index in [1.54, 1.807) is 18.2 Å². The predicted molar refractivity (Wildman–Crippen MR) is 36.7 cm³/mol. The van der Waals surface area contributed by atoms with E-state index in [-0.39, 0.29) is 0 Å². The lowest BCUT2D eigenvalue weighted by molar-refractivity contribution is 1.22. The number of nitriles is 1. The van der Waals surface area contributed by atoms with Gasteiger partial charge in [-0.25, -0.2) is 4.98 Å². The van der Waals surface area contributed by atoms with Crippen molar-refractivity contribution in [2.24, 2.45) is 0 Å².